The summed E-state index contributed by atoms with van der Waals surface area (Å²) in [5.41, 5.74) is 1.15. The number of ether oxygens (including phenoxy) is 3. The van der Waals surface area contributed by atoms with Crippen LogP contribution in [0.15, 0.2) is 12.1 Å². The minimum atomic E-state index is 0.677. The molecule has 0 saturated carbocycles. The maximum absolute atomic E-state index is 5.49. The molecule has 0 spiro atoms. The van der Waals surface area contributed by atoms with Crippen molar-refractivity contribution in [3.63, 3.8) is 0 Å². The Hall–Kier alpha value is -1.42. The van der Waals surface area contributed by atoms with Crippen LogP contribution in [0.5, 0.6) is 17.2 Å². The van der Waals surface area contributed by atoms with E-state index in [0.717, 1.165) is 30.9 Å². The number of rotatable bonds is 5. The Morgan fingerprint density at radius 3 is 2.17 bits per heavy atom. The third-order valence-electron chi connectivity index (χ3n) is 3.38. The van der Waals surface area contributed by atoms with Gasteiger partial charge in [0, 0.05) is 12.1 Å². The van der Waals surface area contributed by atoms with Crippen LogP contribution in [0, 0.1) is 0 Å². The standard InChI is InChI=1S/C14H21NO3/c1-16-12-7-6-11(10-15-8-4-5-9-15)13(17-2)14(12)18-3/h6-7H,4-5,8-10H2,1-3H3. The molecule has 4 heteroatoms. The monoisotopic (exact) mass is 251 g/mol. The normalized spacial score (nSPS) is 15.7. The number of benzene rings is 1. The summed E-state index contributed by atoms with van der Waals surface area (Å²) in [5, 5.41) is 0. The fourth-order valence-corrected chi connectivity index (χ4v) is 2.47. The van der Waals surface area contributed by atoms with Crippen LogP contribution in [0.2, 0.25) is 0 Å². The van der Waals surface area contributed by atoms with Gasteiger partial charge in [-0.1, -0.05) is 6.07 Å². The van der Waals surface area contributed by atoms with Gasteiger partial charge < -0.3 is 14.2 Å². The van der Waals surface area contributed by atoms with Gasteiger partial charge in [0.2, 0.25) is 5.75 Å². The number of hydrogen-bond acceptors (Lipinski definition) is 4. The van der Waals surface area contributed by atoms with E-state index in [-0.39, 0.29) is 0 Å². The highest BCUT2D eigenvalue weighted by Gasteiger charge is 2.19. The highest BCUT2D eigenvalue weighted by atomic mass is 16.5. The van der Waals surface area contributed by atoms with Crippen LogP contribution in [-0.4, -0.2) is 39.3 Å². The SMILES string of the molecule is COc1ccc(CN2CCCC2)c(OC)c1OC. The van der Waals surface area contributed by atoms with Gasteiger partial charge in [-0.3, -0.25) is 4.90 Å². The van der Waals surface area contributed by atoms with Crippen molar-refractivity contribution in [1.29, 1.82) is 0 Å². The number of likely N-dealkylation sites (tertiary alicyclic amines) is 1. The zero-order chi connectivity index (χ0) is 13.0. The van der Waals surface area contributed by atoms with Crippen LogP contribution in [0.1, 0.15) is 18.4 Å². The van der Waals surface area contributed by atoms with Crippen molar-refractivity contribution in [2.75, 3.05) is 34.4 Å². The minimum absolute atomic E-state index is 0.677. The quantitative estimate of drug-likeness (QED) is 0.803. The minimum Gasteiger partial charge on any atom is -0.493 e. The van der Waals surface area contributed by atoms with Crippen LogP contribution in [0.3, 0.4) is 0 Å². The first-order valence-corrected chi connectivity index (χ1v) is 6.30. The summed E-state index contributed by atoms with van der Waals surface area (Å²) in [7, 11) is 4.95. The molecule has 0 bridgehead atoms. The Morgan fingerprint density at radius 2 is 1.61 bits per heavy atom. The van der Waals surface area contributed by atoms with E-state index in [1.165, 1.54) is 12.8 Å². The maximum atomic E-state index is 5.49. The number of hydrogen-bond donors (Lipinski definition) is 0. The molecular formula is C14H21NO3. The van der Waals surface area contributed by atoms with Gasteiger partial charge in [-0.15, -0.1) is 0 Å². The van der Waals surface area contributed by atoms with Gasteiger partial charge in [0.1, 0.15) is 0 Å². The highest BCUT2D eigenvalue weighted by molar-refractivity contribution is 5.55. The zero-order valence-corrected chi connectivity index (χ0v) is 11.4. The predicted molar refractivity (Wildman–Crippen MR) is 70.6 cm³/mol. The Kier molecular flexibility index (Phi) is 4.31. The second-order valence-corrected chi connectivity index (χ2v) is 4.48. The van der Waals surface area contributed by atoms with Gasteiger partial charge in [0.05, 0.1) is 21.3 Å². The van der Waals surface area contributed by atoms with Gasteiger partial charge >= 0.3 is 0 Å². The average Bonchev–Trinajstić information content (AvgIpc) is 2.90. The van der Waals surface area contributed by atoms with Gasteiger partial charge in [-0.05, 0) is 32.0 Å². The van der Waals surface area contributed by atoms with Crippen molar-refractivity contribution in [3.05, 3.63) is 17.7 Å². The van der Waals surface area contributed by atoms with E-state index in [1.54, 1.807) is 21.3 Å². The first-order chi connectivity index (χ1) is 8.80. The van der Waals surface area contributed by atoms with Crippen LogP contribution in [-0.2, 0) is 6.54 Å². The van der Waals surface area contributed by atoms with E-state index in [4.69, 9.17) is 14.2 Å². The van der Waals surface area contributed by atoms with Crippen LogP contribution >= 0.6 is 0 Å². The predicted octanol–water partition coefficient (Wildman–Crippen LogP) is 2.31. The summed E-state index contributed by atoms with van der Waals surface area (Å²) in [6.45, 7) is 3.23. The molecule has 1 heterocycles. The van der Waals surface area contributed by atoms with E-state index >= 15 is 0 Å². The number of methoxy groups -OCH3 is 3. The molecule has 1 aliphatic rings. The second kappa shape index (κ2) is 5.96. The molecule has 2 rings (SSSR count). The summed E-state index contributed by atoms with van der Waals surface area (Å²) < 4.78 is 16.2. The molecular weight excluding hydrogens is 230 g/mol. The molecule has 1 saturated heterocycles. The smallest absolute Gasteiger partial charge is 0.203 e. The highest BCUT2D eigenvalue weighted by Crippen LogP contribution is 2.40. The van der Waals surface area contributed by atoms with E-state index in [0.29, 0.717) is 11.5 Å². The molecule has 0 aromatic heterocycles. The third-order valence-corrected chi connectivity index (χ3v) is 3.38. The lowest BCUT2D eigenvalue weighted by Gasteiger charge is -2.19. The molecule has 1 fully saturated rings. The van der Waals surface area contributed by atoms with E-state index in [9.17, 15) is 0 Å². The Labute approximate surface area is 108 Å². The molecule has 100 valence electrons. The summed E-state index contributed by atoms with van der Waals surface area (Å²) >= 11 is 0. The molecule has 4 nitrogen and oxygen atoms in total. The summed E-state index contributed by atoms with van der Waals surface area (Å²) in [6, 6.07) is 3.99. The fraction of sp³-hybridized carbons (Fsp3) is 0.571. The summed E-state index contributed by atoms with van der Waals surface area (Å²) in [6.07, 6.45) is 2.57. The molecule has 1 aliphatic heterocycles. The Balaban J connectivity index is 2.28. The molecule has 0 N–H and O–H groups in total. The molecule has 18 heavy (non-hydrogen) atoms. The van der Waals surface area contributed by atoms with Crippen molar-refractivity contribution in [2.45, 2.75) is 19.4 Å². The van der Waals surface area contributed by atoms with Crippen molar-refractivity contribution < 1.29 is 14.2 Å². The molecule has 0 aliphatic carbocycles. The van der Waals surface area contributed by atoms with E-state index in [2.05, 4.69) is 11.0 Å². The fourth-order valence-electron chi connectivity index (χ4n) is 2.47. The first-order valence-electron chi connectivity index (χ1n) is 6.30. The first kappa shape index (κ1) is 13.0. The van der Waals surface area contributed by atoms with Gasteiger partial charge in [-0.25, -0.2) is 0 Å². The lowest BCUT2D eigenvalue weighted by Crippen LogP contribution is -2.19. The van der Waals surface area contributed by atoms with Gasteiger partial charge in [0.25, 0.3) is 0 Å². The molecule has 1 aromatic carbocycles. The zero-order valence-electron chi connectivity index (χ0n) is 11.4. The topological polar surface area (TPSA) is 30.9 Å². The number of nitrogens with zero attached hydrogens (tertiary/aromatic N) is 1. The largest absolute Gasteiger partial charge is 0.493 e. The van der Waals surface area contributed by atoms with E-state index < -0.39 is 0 Å². The van der Waals surface area contributed by atoms with Crippen LogP contribution in [0.25, 0.3) is 0 Å². The molecule has 0 atom stereocenters. The van der Waals surface area contributed by atoms with Crippen LogP contribution in [0.4, 0.5) is 0 Å². The molecule has 0 amide bonds. The summed E-state index contributed by atoms with van der Waals surface area (Å²) in [5.74, 6) is 2.17. The third kappa shape index (κ3) is 2.53. The average molecular weight is 251 g/mol. The lowest BCUT2D eigenvalue weighted by atomic mass is 10.1. The summed E-state index contributed by atoms with van der Waals surface area (Å²) in [4.78, 5) is 2.43. The van der Waals surface area contributed by atoms with E-state index in [1.807, 2.05) is 6.07 Å². The maximum Gasteiger partial charge on any atom is 0.203 e. The van der Waals surface area contributed by atoms with Gasteiger partial charge in [0.15, 0.2) is 11.5 Å². The van der Waals surface area contributed by atoms with Crippen LogP contribution < -0.4 is 14.2 Å². The molecule has 0 unspecified atom stereocenters. The van der Waals surface area contributed by atoms with Crippen molar-refractivity contribution in [3.8, 4) is 17.2 Å². The van der Waals surface area contributed by atoms with Crippen molar-refractivity contribution >= 4 is 0 Å². The Morgan fingerprint density at radius 1 is 0.944 bits per heavy atom. The van der Waals surface area contributed by atoms with Crippen molar-refractivity contribution in [1.82, 2.24) is 4.90 Å². The molecule has 1 aromatic rings. The lowest BCUT2D eigenvalue weighted by molar-refractivity contribution is 0.302. The molecule has 0 radical (unpaired) electrons. The Bertz CT molecular complexity index is 400. The second-order valence-electron chi connectivity index (χ2n) is 4.48. The van der Waals surface area contributed by atoms with Gasteiger partial charge in [-0.2, -0.15) is 0 Å². The van der Waals surface area contributed by atoms with Crippen molar-refractivity contribution in [2.24, 2.45) is 0 Å².